The lowest BCUT2D eigenvalue weighted by Gasteiger charge is -2.06. The van der Waals surface area contributed by atoms with E-state index in [2.05, 4.69) is 4.72 Å². The summed E-state index contributed by atoms with van der Waals surface area (Å²) < 4.78 is 29.5. The van der Waals surface area contributed by atoms with Gasteiger partial charge in [-0.05, 0) is 35.6 Å². The molecule has 2 heterocycles. The van der Waals surface area contributed by atoms with Gasteiger partial charge < -0.3 is 5.11 Å². The molecule has 148 valence electrons. The Balaban J connectivity index is 1.67. The van der Waals surface area contributed by atoms with Crippen LogP contribution in [-0.2, 0) is 16.6 Å². The number of thiophene rings is 2. The van der Waals surface area contributed by atoms with E-state index < -0.39 is 16.0 Å². The molecule has 8 heteroatoms. The van der Waals surface area contributed by atoms with E-state index in [-0.39, 0.29) is 16.3 Å². The molecule has 0 unspecified atom stereocenters. The summed E-state index contributed by atoms with van der Waals surface area (Å²) >= 11 is 2.49. The molecule has 0 fully saturated rings. The fraction of sp³-hybridized carbons (Fsp3) is 0.0952. The number of benzene rings is 2. The topological polar surface area (TPSA) is 83.5 Å². The Labute approximate surface area is 176 Å². The standard InChI is InChI=1S/C21H17NO4S3/c1-13-15-9-5-6-10-16(15)27-18(13)12-22-29(25,26)19-11-17(28-20(19)21(23)24)14-7-3-2-4-8-14/h2-11,22H,12H2,1H3,(H,23,24). The molecule has 0 radical (unpaired) electrons. The van der Waals surface area contributed by atoms with Crippen LogP contribution in [0.15, 0.2) is 65.6 Å². The molecular weight excluding hydrogens is 426 g/mol. The van der Waals surface area contributed by atoms with Gasteiger partial charge in [-0.1, -0.05) is 48.5 Å². The van der Waals surface area contributed by atoms with Crippen molar-refractivity contribution in [2.24, 2.45) is 0 Å². The number of carboxylic acid groups (broad SMARTS) is 1. The van der Waals surface area contributed by atoms with Gasteiger partial charge in [0.2, 0.25) is 10.0 Å². The van der Waals surface area contributed by atoms with E-state index in [4.69, 9.17) is 0 Å². The Morgan fingerprint density at radius 3 is 2.41 bits per heavy atom. The number of hydrogen-bond donors (Lipinski definition) is 2. The van der Waals surface area contributed by atoms with Gasteiger partial charge in [0.15, 0.2) is 0 Å². The van der Waals surface area contributed by atoms with E-state index in [0.29, 0.717) is 4.88 Å². The number of hydrogen-bond acceptors (Lipinski definition) is 5. The van der Waals surface area contributed by atoms with Crippen LogP contribution in [0.4, 0.5) is 0 Å². The lowest BCUT2D eigenvalue weighted by molar-refractivity contribution is 0.0698. The molecule has 2 aromatic heterocycles. The van der Waals surface area contributed by atoms with Crippen molar-refractivity contribution in [2.75, 3.05) is 0 Å². The van der Waals surface area contributed by atoms with Crippen LogP contribution in [0.1, 0.15) is 20.1 Å². The Kier molecular flexibility index (Phi) is 5.26. The molecule has 0 amide bonds. The number of aryl methyl sites for hydroxylation is 1. The van der Waals surface area contributed by atoms with Gasteiger partial charge in [0.25, 0.3) is 0 Å². The van der Waals surface area contributed by atoms with Crippen LogP contribution in [0.3, 0.4) is 0 Å². The maximum absolute atomic E-state index is 12.9. The van der Waals surface area contributed by atoms with Crippen LogP contribution < -0.4 is 4.72 Å². The van der Waals surface area contributed by atoms with Crippen molar-refractivity contribution in [3.8, 4) is 10.4 Å². The van der Waals surface area contributed by atoms with E-state index in [9.17, 15) is 18.3 Å². The molecule has 2 aromatic carbocycles. The summed E-state index contributed by atoms with van der Waals surface area (Å²) in [5.74, 6) is -1.25. The summed E-state index contributed by atoms with van der Waals surface area (Å²) in [5, 5.41) is 10.6. The van der Waals surface area contributed by atoms with Gasteiger partial charge in [-0.3, -0.25) is 0 Å². The Morgan fingerprint density at radius 2 is 1.72 bits per heavy atom. The molecule has 0 aliphatic rings. The van der Waals surface area contributed by atoms with Crippen LogP contribution in [0, 0.1) is 6.92 Å². The predicted molar refractivity (Wildman–Crippen MR) is 117 cm³/mol. The zero-order valence-electron chi connectivity index (χ0n) is 15.4. The summed E-state index contributed by atoms with van der Waals surface area (Å²) in [6.45, 7) is 2.08. The number of carboxylic acids is 1. The number of aromatic carboxylic acids is 1. The highest BCUT2D eigenvalue weighted by Gasteiger charge is 2.26. The first-order valence-corrected chi connectivity index (χ1v) is 11.9. The van der Waals surface area contributed by atoms with E-state index in [1.165, 1.54) is 17.4 Å². The fourth-order valence-electron chi connectivity index (χ4n) is 3.10. The quantitative estimate of drug-likeness (QED) is 0.433. The maximum Gasteiger partial charge on any atom is 0.347 e. The van der Waals surface area contributed by atoms with Crippen molar-refractivity contribution in [3.63, 3.8) is 0 Å². The molecule has 4 aromatic rings. The highest BCUT2D eigenvalue weighted by atomic mass is 32.2. The zero-order valence-corrected chi connectivity index (χ0v) is 17.8. The highest BCUT2D eigenvalue weighted by molar-refractivity contribution is 7.89. The first-order valence-electron chi connectivity index (χ1n) is 8.76. The number of rotatable bonds is 6. The molecule has 29 heavy (non-hydrogen) atoms. The van der Waals surface area contributed by atoms with Crippen molar-refractivity contribution >= 4 is 48.8 Å². The molecular formula is C21H17NO4S3. The van der Waals surface area contributed by atoms with E-state index >= 15 is 0 Å². The molecule has 0 saturated heterocycles. The lowest BCUT2D eigenvalue weighted by atomic mass is 10.1. The molecule has 4 rings (SSSR count). The van der Waals surface area contributed by atoms with Gasteiger partial charge in [0.05, 0.1) is 0 Å². The third kappa shape index (κ3) is 3.84. The van der Waals surface area contributed by atoms with Crippen molar-refractivity contribution in [1.29, 1.82) is 0 Å². The second-order valence-electron chi connectivity index (χ2n) is 6.45. The van der Waals surface area contributed by atoms with E-state index in [0.717, 1.165) is 37.4 Å². The molecule has 0 atom stereocenters. The minimum absolute atomic E-state index is 0.114. The Hall–Kier alpha value is -2.52. The SMILES string of the molecule is Cc1c(CNS(=O)(=O)c2cc(-c3ccccc3)sc2C(=O)O)sc2ccccc12. The predicted octanol–water partition coefficient (Wildman–Crippen LogP) is 5.11. The monoisotopic (exact) mass is 443 g/mol. The Morgan fingerprint density at radius 1 is 1.03 bits per heavy atom. The minimum Gasteiger partial charge on any atom is -0.477 e. The largest absolute Gasteiger partial charge is 0.477 e. The van der Waals surface area contributed by atoms with Crippen LogP contribution in [0.25, 0.3) is 20.5 Å². The summed E-state index contributed by atoms with van der Waals surface area (Å²) in [6.07, 6.45) is 0. The van der Waals surface area contributed by atoms with Crippen LogP contribution in [0.5, 0.6) is 0 Å². The molecule has 0 saturated carbocycles. The summed E-state index contributed by atoms with van der Waals surface area (Å²) in [6, 6.07) is 18.5. The molecule has 0 spiro atoms. The number of carbonyl (C=O) groups is 1. The van der Waals surface area contributed by atoms with E-state index in [1.54, 1.807) is 0 Å². The van der Waals surface area contributed by atoms with Gasteiger partial charge in [-0.25, -0.2) is 17.9 Å². The average Bonchev–Trinajstić information content (AvgIpc) is 3.30. The first-order chi connectivity index (χ1) is 13.9. The summed E-state index contributed by atoms with van der Waals surface area (Å²) in [4.78, 5) is 12.8. The number of sulfonamides is 1. The van der Waals surface area contributed by atoms with Gasteiger partial charge in [0.1, 0.15) is 9.77 Å². The highest BCUT2D eigenvalue weighted by Crippen LogP contribution is 2.35. The van der Waals surface area contributed by atoms with Crippen LogP contribution >= 0.6 is 22.7 Å². The van der Waals surface area contributed by atoms with Gasteiger partial charge in [-0.15, -0.1) is 22.7 Å². The van der Waals surface area contributed by atoms with Crippen molar-refractivity contribution < 1.29 is 18.3 Å². The lowest BCUT2D eigenvalue weighted by Crippen LogP contribution is -2.24. The first kappa shape index (κ1) is 19.8. The second-order valence-corrected chi connectivity index (χ2v) is 10.4. The van der Waals surface area contributed by atoms with Gasteiger partial charge >= 0.3 is 5.97 Å². The number of fused-ring (bicyclic) bond motifs is 1. The normalized spacial score (nSPS) is 11.8. The van der Waals surface area contributed by atoms with Gasteiger partial charge in [-0.2, -0.15) is 0 Å². The fourth-order valence-corrected chi connectivity index (χ4v) is 6.86. The van der Waals surface area contributed by atoms with Crippen molar-refractivity contribution in [1.82, 2.24) is 4.72 Å². The van der Waals surface area contributed by atoms with Crippen LogP contribution in [-0.4, -0.2) is 19.5 Å². The third-order valence-electron chi connectivity index (χ3n) is 4.61. The smallest absolute Gasteiger partial charge is 0.347 e. The molecule has 2 N–H and O–H groups in total. The van der Waals surface area contributed by atoms with Gasteiger partial charge in [0, 0.05) is 21.0 Å². The summed E-state index contributed by atoms with van der Waals surface area (Å²) in [5.41, 5.74) is 1.81. The van der Waals surface area contributed by atoms with Crippen molar-refractivity contribution in [3.05, 3.63) is 76.0 Å². The second kappa shape index (κ2) is 7.72. The number of nitrogens with one attached hydrogen (secondary N) is 1. The summed E-state index contributed by atoms with van der Waals surface area (Å²) in [7, 11) is -3.99. The van der Waals surface area contributed by atoms with E-state index in [1.807, 2.05) is 61.5 Å². The molecule has 0 aliphatic carbocycles. The average molecular weight is 444 g/mol. The van der Waals surface area contributed by atoms with Crippen molar-refractivity contribution in [2.45, 2.75) is 18.4 Å². The maximum atomic E-state index is 12.9. The Bertz CT molecular complexity index is 1300. The molecule has 0 aliphatic heterocycles. The third-order valence-corrected chi connectivity index (χ3v) is 8.60. The molecule has 0 bridgehead atoms. The minimum atomic E-state index is -3.99. The van der Waals surface area contributed by atoms with Crippen LogP contribution in [0.2, 0.25) is 0 Å². The zero-order chi connectivity index (χ0) is 20.6. The molecule has 5 nitrogen and oxygen atoms in total.